The van der Waals surface area contributed by atoms with Crippen LogP contribution < -0.4 is 5.32 Å². The molecule has 1 saturated carbocycles. The lowest BCUT2D eigenvalue weighted by Crippen LogP contribution is -2.50. The van der Waals surface area contributed by atoms with Gasteiger partial charge >= 0.3 is 0 Å². The van der Waals surface area contributed by atoms with Crippen molar-refractivity contribution < 1.29 is 13.9 Å². The number of amides is 1. The Balaban J connectivity index is 1.35. The van der Waals surface area contributed by atoms with E-state index in [1.54, 1.807) is 23.5 Å². The van der Waals surface area contributed by atoms with Gasteiger partial charge in [-0.1, -0.05) is 0 Å². The molecule has 128 valence electrons. The molecule has 1 aliphatic carbocycles. The highest BCUT2D eigenvalue weighted by molar-refractivity contribution is 7.09. The van der Waals surface area contributed by atoms with Crippen LogP contribution in [0.3, 0.4) is 0 Å². The molecule has 2 fully saturated rings. The number of nitrogens with one attached hydrogen (secondary N) is 1. The molecule has 2 aliphatic rings. The van der Waals surface area contributed by atoms with E-state index in [-0.39, 0.29) is 12.0 Å². The number of carbonyl (C=O) groups excluding carboxylic acids is 1. The summed E-state index contributed by atoms with van der Waals surface area (Å²) in [5, 5.41) is 6.16. The van der Waals surface area contributed by atoms with E-state index in [1.807, 2.05) is 11.6 Å². The second-order valence-electron chi connectivity index (χ2n) is 6.32. The van der Waals surface area contributed by atoms with Gasteiger partial charge in [-0.25, -0.2) is 4.98 Å². The van der Waals surface area contributed by atoms with Crippen molar-refractivity contribution in [3.63, 3.8) is 0 Å². The first-order valence-corrected chi connectivity index (χ1v) is 9.25. The summed E-state index contributed by atoms with van der Waals surface area (Å²) in [6.07, 6.45) is 5.75. The third kappa shape index (κ3) is 3.24. The van der Waals surface area contributed by atoms with Gasteiger partial charge in [-0.05, 0) is 25.0 Å². The van der Waals surface area contributed by atoms with E-state index in [0.29, 0.717) is 24.3 Å². The van der Waals surface area contributed by atoms with Crippen LogP contribution in [0.1, 0.15) is 28.4 Å². The molecule has 1 N–H and O–H groups in total. The molecule has 7 heteroatoms. The number of ether oxygens (including phenoxy) is 1. The highest BCUT2D eigenvalue weighted by Gasteiger charge is 2.42. The Morgan fingerprint density at radius 3 is 3.21 bits per heavy atom. The van der Waals surface area contributed by atoms with Gasteiger partial charge in [0.15, 0.2) is 5.76 Å². The average molecular weight is 347 g/mol. The highest BCUT2D eigenvalue weighted by atomic mass is 32.1. The van der Waals surface area contributed by atoms with Gasteiger partial charge in [-0.2, -0.15) is 0 Å². The molecule has 0 aromatic carbocycles. The van der Waals surface area contributed by atoms with Crippen molar-refractivity contribution in [1.82, 2.24) is 15.2 Å². The SMILES string of the molecule is O=C(NC[C@@H]1CC[C@@H]2[C@H]1OCCN2Cc1nccs1)c1ccco1. The maximum atomic E-state index is 12.0. The van der Waals surface area contributed by atoms with Crippen LogP contribution in [-0.4, -0.2) is 47.6 Å². The van der Waals surface area contributed by atoms with Crippen LogP contribution >= 0.6 is 11.3 Å². The van der Waals surface area contributed by atoms with Gasteiger partial charge in [0.25, 0.3) is 5.91 Å². The smallest absolute Gasteiger partial charge is 0.286 e. The molecule has 3 heterocycles. The van der Waals surface area contributed by atoms with Crippen LogP contribution in [0, 0.1) is 5.92 Å². The summed E-state index contributed by atoms with van der Waals surface area (Å²) < 4.78 is 11.2. The normalized spacial score (nSPS) is 27.1. The minimum absolute atomic E-state index is 0.154. The summed E-state index contributed by atoms with van der Waals surface area (Å²) in [7, 11) is 0. The van der Waals surface area contributed by atoms with Crippen molar-refractivity contribution in [3.05, 3.63) is 40.7 Å². The lowest BCUT2D eigenvalue weighted by Gasteiger charge is -2.38. The fraction of sp³-hybridized carbons (Fsp3) is 0.529. The van der Waals surface area contributed by atoms with Crippen LogP contribution in [0.4, 0.5) is 0 Å². The zero-order chi connectivity index (χ0) is 16.4. The third-order valence-electron chi connectivity index (χ3n) is 4.93. The first kappa shape index (κ1) is 15.8. The van der Waals surface area contributed by atoms with Crippen LogP contribution in [0.2, 0.25) is 0 Å². The van der Waals surface area contributed by atoms with Crippen molar-refractivity contribution in [2.75, 3.05) is 19.7 Å². The summed E-state index contributed by atoms with van der Waals surface area (Å²) in [4.78, 5) is 18.9. The number of nitrogens with zero attached hydrogens (tertiary/aromatic N) is 2. The number of fused-ring (bicyclic) bond motifs is 1. The number of morpholine rings is 1. The average Bonchev–Trinajstić information content (AvgIpc) is 3.34. The Morgan fingerprint density at radius 1 is 1.46 bits per heavy atom. The minimum Gasteiger partial charge on any atom is -0.459 e. The minimum atomic E-state index is -0.154. The molecule has 3 atom stereocenters. The quantitative estimate of drug-likeness (QED) is 0.898. The number of thiazole rings is 1. The van der Waals surface area contributed by atoms with Crippen LogP contribution in [0.15, 0.2) is 34.4 Å². The Hall–Kier alpha value is -1.70. The van der Waals surface area contributed by atoms with E-state index in [9.17, 15) is 4.79 Å². The van der Waals surface area contributed by atoms with E-state index >= 15 is 0 Å². The van der Waals surface area contributed by atoms with Crippen molar-refractivity contribution >= 4 is 17.2 Å². The van der Waals surface area contributed by atoms with Gasteiger partial charge in [-0.15, -0.1) is 11.3 Å². The van der Waals surface area contributed by atoms with E-state index in [0.717, 1.165) is 37.5 Å². The lowest BCUT2D eigenvalue weighted by molar-refractivity contribution is -0.0757. The second kappa shape index (κ2) is 7.04. The van der Waals surface area contributed by atoms with E-state index in [4.69, 9.17) is 9.15 Å². The molecule has 2 aromatic rings. The van der Waals surface area contributed by atoms with E-state index in [1.165, 1.54) is 6.26 Å². The topological polar surface area (TPSA) is 67.6 Å². The van der Waals surface area contributed by atoms with E-state index < -0.39 is 0 Å². The predicted molar refractivity (Wildman–Crippen MR) is 89.8 cm³/mol. The molecule has 2 aromatic heterocycles. The number of hydrogen-bond acceptors (Lipinski definition) is 6. The van der Waals surface area contributed by atoms with Crippen LogP contribution in [0.5, 0.6) is 0 Å². The summed E-state index contributed by atoms with van der Waals surface area (Å²) in [6.45, 7) is 3.22. The molecular formula is C17H21N3O3S. The summed E-state index contributed by atoms with van der Waals surface area (Å²) >= 11 is 1.70. The van der Waals surface area contributed by atoms with Gasteiger partial charge in [0.05, 0.1) is 25.5 Å². The zero-order valence-electron chi connectivity index (χ0n) is 13.4. The molecule has 4 rings (SSSR count). The molecular weight excluding hydrogens is 326 g/mol. The van der Waals surface area contributed by atoms with Gasteiger partial charge in [-0.3, -0.25) is 9.69 Å². The van der Waals surface area contributed by atoms with Gasteiger partial charge < -0.3 is 14.5 Å². The fourth-order valence-corrected chi connectivity index (χ4v) is 4.42. The molecule has 6 nitrogen and oxygen atoms in total. The van der Waals surface area contributed by atoms with Gasteiger partial charge in [0.2, 0.25) is 0 Å². The van der Waals surface area contributed by atoms with E-state index in [2.05, 4.69) is 15.2 Å². The Kier molecular flexibility index (Phi) is 4.64. The maximum Gasteiger partial charge on any atom is 0.286 e. The summed E-state index contributed by atoms with van der Waals surface area (Å²) in [5.74, 6) is 0.561. The number of carbonyl (C=O) groups is 1. The standard InChI is InChI=1S/C17H21N3O3S/c21-17(14-2-1-7-22-14)19-10-12-3-4-13-16(12)23-8-6-20(13)11-15-18-5-9-24-15/h1-2,5,7,9,12-13,16H,3-4,6,8,10-11H2,(H,19,21)/t12-,13+,16-/m0/s1. The largest absolute Gasteiger partial charge is 0.459 e. The Bertz CT molecular complexity index is 659. The lowest BCUT2D eigenvalue weighted by atomic mass is 10.0. The number of hydrogen-bond donors (Lipinski definition) is 1. The van der Waals surface area contributed by atoms with Crippen LogP contribution in [-0.2, 0) is 11.3 Å². The maximum absolute atomic E-state index is 12.0. The number of aromatic nitrogens is 1. The van der Waals surface area contributed by atoms with Crippen LogP contribution in [0.25, 0.3) is 0 Å². The molecule has 1 saturated heterocycles. The van der Waals surface area contributed by atoms with Crippen molar-refractivity contribution in [2.24, 2.45) is 5.92 Å². The molecule has 1 aliphatic heterocycles. The number of rotatable bonds is 5. The van der Waals surface area contributed by atoms with Gasteiger partial charge in [0, 0.05) is 36.6 Å². The molecule has 0 radical (unpaired) electrons. The molecule has 0 bridgehead atoms. The number of furan rings is 1. The summed E-state index contributed by atoms with van der Waals surface area (Å²) in [5.41, 5.74) is 0. The monoisotopic (exact) mass is 347 g/mol. The predicted octanol–water partition coefficient (Wildman–Crippen LogP) is 2.15. The molecule has 24 heavy (non-hydrogen) atoms. The molecule has 1 amide bonds. The van der Waals surface area contributed by atoms with Crippen molar-refractivity contribution in [2.45, 2.75) is 31.5 Å². The fourth-order valence-electron chi connectivity index (χ4n) is 3.77. The first-order chi connectivity index (χ1) is 11.8. The van der Waals surface area contributed by atoms with Crippen molar-refractivity contribution in [3.8, 4) is 0 Å². The first-order valence-electron chi connectivity index (χ1n) is 8.37. The van der Waals surface area contributed by atoms with Crippen molar-refractivity contribution in [1.29, 1.82) is 0 Å². The molecule has 0 unspecified atom stereocenters. The Labute approximate surface area is 144 Å². The third-order valence-corrected chi connectivity index (χ3v) is 5.69. The zero-order valence-corrected chi connectivity index (χ0v) is 14.2. The van der Waals surface area contributed by atoms with Gasteiger partial charge in [0.1, 0.15) is 5.01 Å². The Morgan fingerprint density at radius 2 is 2.42 bits per heavy atom. The second-order valence-corrected chi connectivity index (χ2v) is 7.30. The highest BCUT2D eigenvalue weighted by Crippen LogP contribution is 2.35. The summed E-state index contributed by atoms with van der Waals surface area (Å²) in [6, 6.07) is 3.83. The molecule has 0 spiro atoms.